The number of halogens is 1. The largest absolute Gasteiger partial charge is 0.354 e. The summed E-state index contributed by atoms with van der Waals surface area (Å²) in [5, 5.41) is 5.22. The Balaban J connectivity index is 1.38. The second-order valence-electron chi connectivity index (χ2n) is 7.40. The highest BCUT2D eigenvalue weighted by Gasteiger charge is 2.35. The van der Waals surface area contributed by atoms with Crippen LogP contribution in [0.15, 0.2) is 46.3 Å². The molecule has 0 spiro atoms. The summed E-state index contributed by atoms with van der Waals surface area (Å²) < 4.78 is 0.926. The van der Waals surface area contributed by atoms with Crippen molar-refractivity contribution in [3.63, 3.8) is 0 Å². The zero-order valence-corrected chi connectivity index (χ0v) is 18.0. The number of hydrogen-bond acceptors (Lipinski definition) is 4. The van der Waals surface area contributed by atoms with Crippen LogP contribution in [0.25, 0.3) is 0 Å². The number of likely N-dealkylation sites (tertiary alicyclic amines) is 1. The summed E-state index contributed by atoms with van der Waals surface area (Å²) in [4.78, 5) is 30.7. The molecule has 0 radical (unpaired) electrons. The zero-order valence-electron chi connectivity index (χ0n) is 15.6. The van der Waals surface area contributed by atoms with Crippen molar-refractivity contribution in [2.45, 2.75) is 25.3 Å². The summed E-state index contributed by atoms with van der Waals surface area (Å²) in [7, 11) is 0. The number of nitrogens with zero attached hydrogens (tertiary/aromatic N) is 2. The third-order valence-electron chi connectivity index (χ3n) is 5.54. The van der Waals surface area contributed by atoms with Gasteiger partial charge in [0.05, 0.1) is 12.0 Å². The Morgan fingerprint density at radius 3 is 2.79 bits per heavy atom. The Morgan fingerprint density at radius 2 is 2.07 bits per heavy atom. The lowest BCUT2D eigenvalue weighted by atomic mass is 10.1. The second-order valence-corrected chi connectivity index (χ2v) is 9.30. The van der Waals surface area contributed by atoms with Crippen molar-refractivity contribution in [2.24, 2.45) is 5.92 Å². The van der Waals surface area contributed by atoms with E-state index >= 15 is 0 Å². The topological polar surface area (TPSA) is 52.7 Å². The van der Waals surface area contributed by atoms with Crippen LogP contribution in [-0.4, -0.2) is 42.9 Å². The van der Waals surface area contributed by atoms with E-state index in [0.29, 0.717) is 13.1 Å². The molecule has 0 bridgehead atoms. The van der Waals surface area contributed by atoms with Gasteiger partial charge in [0.25, 0.3) is 0 Å². The predicted molar refractivity (Wildman–Crippen MR) is 115 cm³/mol. The van der Waals surface area contributed by atoms with Crippen LogP contribution in [0.4, 0.5) is 5.69 Å². The van der Waals surface area contributed by atoms with E-state index in [-0.39, 0.29) is 30.2 Å². The highest BCUT2D eigenvalue weighted by molar-refractivity contribution is 9.10. The van der Waals surface area contributed by atoms with Crippen LogP contribution in [-0.2, 0) is 9.59 Å². The van der Waals surface area contributed by atoms with Gasteiger partial charge in [-0.2, -0.15) is 0 Å². The SMILES string of the molecule is O=C(NCC(c1cccs1)N1CCCC1)C1CC(=O)N(c2cccc(Br)c2)C1. The van der Waals surface area contributed by atoms with Gasteiger partial charge in [0.15, 0.2) is 0 Å². The highest BCUT2D eigenvalue weighted by atomic mass is 79.9. The van der Waals surface area contributed by atoms with Gasteiger partial charge in [-0.1, -0.05) is 28.1 Å². The van der Waals surface area contributed by atoms with Gasteiger partial charge in [0.1, 0.15) is 0 Å². The van der Waals surface area contributed by atoms with Crippen molar-refractivity contribution in [3.8, 4) is 0 Å². The monoisotopic (exact) mass is 461 g/mol. The van der Waals surface area contributed by atoms with Gasteiger partial charge in [-0.3, -0.25) is 14.5 Å². The first-order valence-electron chi connectivity index (χ1n) is 9.73. The average Bonchev–Trinajstić information content (AvgIpc) is 3.44. The Kier molecular flexibility index (Phi) is 6.13. The molecule has 2 aliphatic heterocycles. The minimum Gasteiger partial charge on any atom is -0.354 e. The van der Waals surface area contributed by atoms with Crippen LogP contribution in [0, 0.1) is 5.92 Å². The third kappa shape index (κ3) is 4.31. The van der Waals surface area contributed by atoms with Gasteiger partial charge < -0.3 is 10.2 Å². The fraction of sp³-hybridized carbons (Fsp3) is 0.429. The molecule has 2 unspecified atom stereocenters. The summed E-state index contributed by atoms with van der Waals surface area (Å²) >= 11 is 5.19. The van der Waals surface area contributed by atoms with Gasteiger partial charge in [-0.15, -0.1) is 11.3 Å². The summed E-state index contributed by atoms with van der Waals surface area (Å²) in [6, 6.07) is 12.1. The predicted octanol–water partition coefficient (Wildman–Crippen LogP) is 3.82. The number of rotatable bonds is 6. The number of carbonyl (C=O) groups excluding carboxylic acids is 2. The van der Waals surface area contributed by atoms with E-state index in [1.54, 1.807) is 16.2 Å². The maximum atomic E-state index is 12.8. The molecular formula is C21H24BrN3O2S. The third-order valence-corrected chi connectivity index (χ3v) is 7.01. The lowest BCUT2D eigenvalue weighted by Crippen LogP contribution is -2.39. The molecule has 2 aliphatic rings. The summed E-state index contributed by atoms with van der Waals surface area (Å²) in [5.74, 6) is -0.312. The molecule has 4 rings (SSSR count). The van der Waals surface area contributed by atoms with Crippen LogP contribution >= 0.6 is 27.3 Å². The minimum atomic E-state index is -0.297. The number of nitrogens with one attached hydrogen (secondary N) is 1. The summed E-state index contributed by atoms with van der Waals surface area (Å²) in [5.41, 5.74) is 0.836. The molecule has 2 aromatic rings. The molecule has 1 N–H and O–H groups in total. The molecule has 0 aliphatic carbocycles. The van der Waals surface area contributed by atoms with E-state index < -0.39 is 0 Å². The van der Waals surface area contributed by atoms with Crippen LogP contribution in [0.2, 0.25) is 0 Å². The van der Waals surface area contributed by atoms with Crippen LogP contribution in [0.5, 0.6) is 0 Å². The Bertz CT molecular complexity index is 836. The molecule has 2 saturated heterocycles. The van der Waals surface area contributed by atoms with Crippen molar-refractivity contribution in [2.75, 3.05) is 31.1 Å². The molecule has 28 heavy (non-hydrogen) atoms. The lowest BCUT2D eigenvalue weighted by molar-refractivity contribution is -0.126. The van der Waals surface area contributed by atoms with Gasteiger partial charge >= 0.3 is 0 Å². The number of hydrogen-bond donors (Lipinski definition) is 1. The smallest absolute Gasteiger partial charge is 0.227 e. The highest BCUT2D eigenvalue weighted by Crippen LogP contribution is 2.29. The fourth-order valence-electron chi connectivity index (χ4n) is 4.06. The standard InChI is InChI=1S/C21H24BrN3O2S/c22-16-5-3-6-17(12-16)25-14-15(11-20(25)26)21(27)23-13-18(19-7-4-10-28-19)24-8-1-2-9-24/h3-7,10,12,15,18H,1-2,8-9,11,13-14H2,(H,23,27). The van der Waals surface area contributed by atoms with Gasteiger partial charge in [0.2, 0.25) is 11.8 Å². The van der Waals surface area contributed by atoms with E-state index in [1.807, 2.05) is 24.3 Å². The molecule has 3 heterocycles. The molecule has 2 fully saturated rings. The summed E-state index contributed by atoms with van der Waals surface area (Å²) in [6.07, 6.45) is 2.70. The second kappa shape index (κ2) is 8.76. The molecule has 2 atom stereocenters. The molecule has 148 valence electrons. The number of amides is 2. The van der Waals surface area contributed by atoms with E-state index in [9.17, 15) is 9.59 Å². The maximum absolute atomic E-state index is 12.8. The van der Waals surface area contributed by atoms with E-state index in [2.05, 4.69) is 43.7 Å². The number of anilines is 1. The number of carbonyl (C=O) groups is 2. The first kappa shape index (κ1) is 19.6. The molecular weight excluding hydrogens is 438 g/mol. The quantitative estimate of drug-likeness (QED) is 0.711. The Morgan fingerprint density at radius 1 is 1.25 bits per heavy atom. The van der Waals surface area contributed by atoms with Gasteiger partial charge in [0, 0.05) is 34.5 Å². The number of benzene rings is 1. The average molecular weight is 462 g/mol. The molecule has 7 heteroatoms. The van der Waals surface area contributed by atoms with Crippen LogP contribution < -0.4 is 10.2 Å². The molecule has 2 amide bonds. The van der Waals surface area contributed by atoms with Crippen molar-refractivity contribution in [1.82, 2.24) is 10.2 Å². The normalized spacial score (nSPS) is 21.2. The van der Waals surface area contributed by atoms with Crippen LogP contribution in [0.1, 0.15) is 30.2 Å². The number of thiophene rings is 1. The minimum absolute atomic E-state index is 0.00704. The van der Waals surface area contributed by atoms with Crippen LogP contribution in [0.3, 0.4) is 0 Å². The molecule has 1 aromatic carbocycles. The lowest BCUT2D eigenvalue weighted by Gasteiger charge is -2.27. The first-order valence-corrected chi connectivity index (χ1v) is 11.4. The van der Waals surface area contributed by atoms with Crippen molar-refractivity contribution in [1.29, 1.82) is 0 Å². The van der Waals surface area contributed by atoms with Crippen molar-refractivity contribution >= 4 is 44.8 Å². The Hall–Kier alpha value is -1.70. The maximum Gasteiger partial charge on any atom is 0.227 e. The zero-order chi connectivity index (χ0) is 19.5. The van der Waals surface area contributed by atoms with Crippen molar-refractivity contribution in [3.05, 3.63) is 51.1 Å². The van der Waals surface area contributed by atoms with Gasteiger partial charge in [-0.05, 0) is 55.6 Å². The van der Waals surface area contributed by atoms with E-state index in [1.165, 1.54) is 17.7 Å². The summed E-state index contributed by atoms with van der Waals surface area (Å²) in [6.45, 7) is 3.20. The van der Waals surface area contributed by atoms with Gasteiger partial charge in [-0.25, -0.2) is 0 Å². The molecule has 0 saturated carbocycles. The Labute approximate surface area is 177 Å². The molecule has 5 nitrogen and oxygen atoms in total. The van der Waals surface area contributed by atoms with E-state index in [0.717, 1.165) is 23.2 Å². The first-order chi connectivity index (χ1) is 13.6. The molecule has 1 aromatic heterocycles. The van der Waals surface area contributed by atoms with Crippen molar-refractivity contribution < 1.29 is 9.59 Å². The van der Waals surface area contributed by atoms with E-state index in [4.69, 9.17) is 0 Å². The fourth-order valence-corrected chi connectivity index (χ4v) is 5.31.